The second-order valence-electron chi connectivity index (χ2n) is 2.97. The molecule has 1 aromatic carbocycles. The summed E-state index contributed by atoms with van der Waals surface area (Å²) in [6.45, 7) is 0. The number of halogens is 2. The van der Waals surface area contributed by atoms with Gasteiger partial charge in [0.15, 0.2) is 5.78 Å². The summed E-state index contributed by atoms with van der Waals surface area (Å²) in [6.07, 6.45) is 2.81. The summed E-state index contributed by atoms with van der Waals surface area (Å²) in [7, 11) is 0. The molecule has 2 rings (SSSR count). The molecule has 0 unspecified atom stereocenters. The number of hydrogen-bond acceptors (Lipinski definition) is 2. The van der Waals surface area contributed by atoms with E-state index in [4.69, 9.17) is 4.42 Å². The predicted molar refractivity (Wildman–Crippen MR) is 61.3 cm³/mol. The van der Waals surface area contributed by atoms with Crippen LogP contribution < -0.4 is 0 Å². The van der Waals surface area contributed by atoms with E-state index in [0.29, 0.717) is 14.7 Å². The van der Waals surface area contributed by atoms with E-state index in [-0.39, 0.29) is 11.6 Å². The van der Waals surface area contributed by atoms with Crippen LogP contribution in [0.1, 0.15) is 15.9 Å². The van der Waals surface area contributed by atoms with Crippen LogP contribution >= 0.6 is 22.6 Å². The zero-order chi connectivity index (χ0) is 10.8. The highest BCUT2D eigenvalue weighted by atomic mass is 127. The average molecular weight is 316 g/mol. The molecule has 0 aliphatic rings. The van der Waals surface area contributed by atoms with Crippen molar-refractivity contribution in [2.24, 2.45) is 0 Å². The molecule has 76 valence electrons. The number of benzene rings is 1. The molecular weight excluding hydrogens is 310 g/mol. The highest BCUT2D eigenvalue weighted by Gasteiger charge is 2.13. The van der Waals surface area contributed by atoms with Crippen LogP contribution in [0.5, 0.6) is 0 Å². The van der Waals surface area contributed by atoms with E-state index in [1.807, 2.05) is 22.6 Å². The van der Waals surface area contributed by atoms with Crippen LogP contribution in [-0.4, -0.2) is 5.78 Å². The molecule has 15 heavy (non-hydrogen) atoms. The average Bonchev–Trinajstić information content (AvgIpc) is 2.69. The summed E-state index contributed by atoms with van der Waals surface area (Å²) < 4.78 is 18.2. The Morgan fingerprint density at radius 2 is 2.13 bits per heavy atom. The smallest absolute Gasteiger partial charge is 0.197 e. The fourth-order valence-electron chi connectivity index (χ4n) is 1.22. The van der Waals surface area contributed by atoms with Crippen molar-refractivity contribution in [3.8, 4) is 0 Å². The van der Waals surface area contributed by atoms with Crippen LogP contribution in [-0.2, 0) is 0 Å². The van der Waals surface area contributed by atoms with Crippen molar-refractivity contribution in [3.63, 3.8) is 0 Å². The largest absolute Gasteiger partial charge is 0.472 e. The minimum atomic E-state index is -0.344. The Kier molecular flexibility index (Phi) is 2.86. The van der Waals surface area contributed by atoms with Crippen LogP contribution in [0.3, 0.4) is 0 Å². The quantitative estimate of drug-likeness (QED) is 0.629. The minimum Gasteiger partial charge on any atom is -0.472 e. The summed E-state index contributed by atoms with van der Waals surface area (Å²) in [6, 6.07) is 5.66. The zero-order valence-corrected chi connectivity index (χ0v) is 9.69. The van der Waals surface area contributed by atoms with Gasteiger partial charge in [-0.15, -0.1) is 0 Å². The summed E-state index contributed by atoms with van der Waals surface area (Å²) in [5.41, 5.74) is 0.956. The first kappa shape index (κ1) is 10.4. The normalized spacial score (nSPS) is 10.3. The summed E-state index contributed by atoms with van der Waals surface area (Å²) in [4.78, 5) is 11.9. The van der Waals surface area contributed by atoms with E-state index in [1.165, 1.54) is 30.7 Å². The lowest BCUT2D eigenvalue weighted by molar-refractivity contribution is 0.103. The Labute approximate surface area is 99.2 Å². The lowest BCUT2D eigenvalue weighted by Crippen LogP contribution is -2.02. The molecule has 0 aliphatic heterocycles. The molecule has 0 aliphatic carbocycles. The Bertz CT molecular complexity index is 491. The Balaban J connectivity index is 2.42. The fraction of sp³-hybridized carbons (Fsp3) is 0. The third kappa shape index (κ3) is 2.09. The van der Waals surface area contributed by atoms with Gasteiger partial charge in [0.1, 0.15) is 12.1 Å². The second kappa shape index (κ2) is 4.14. The van der Waals surface area contributed by atoms with Gasteiger partial charge in [-0.05, 0) is 46.9 Å². The van der Waals surface area contributed by atoms with Gasteiger partial charge in [0.2, 0.25) is 0 Å². The maximum absolute atomic E-state index is 12.8. The molecule has 2 aromatic rings. The summed E-state index contributed by atoms with van der Waals surface area (Å²) in [5.74, 6) is -0.503. The predicted octanol–water partition coefficient (Wildman–Crippen LogP) is 3.25. The molecule has 0 fully saturated rings. The van der Waals surface area contributed by atoms with Crippen molar-refractivity contribution in [2.75, 3.05) is 0 Å². The van der Waals surface area contributed by atoms with Crippen LogP contribution in [0, 0.1) is 9.39 Å². The van der Waals surface area contributed by atoms with E-state index >= 15 is 0 Å². The number of rotatable bonds is 2. The van der Waals surface area contributed by atoms with Crippen LogP contribution in [0.4, 0.5) is 4.39 Å². The minimum absolute atomic E-state index is 0.159. The van der Waals surface area contributed by atoms with Crippen molar-refractivity contribution in [3.05, 3.63) is 57.3 Å². The van der Waals surface area contributed by atoms with Gasteiger partial charge in [0.05, 0.1) is 11.8 Å². The molecule has 0 atom stereocenters. The molecule has 0 saturated heterocycles. The molecule has 1 heterocycles. The molecule has 0 saturated carbocycles. The molecule has 0 radical (unpaired) electrons. The third-order valence-corrected chi connectivity index (χ3v) is 2.85. The Morgan fingerprint density at radius 3 is 2.73 bits per heavy atom. The van der Waals surface area contributed by atoms with E-state index in [9.17, 15) is 9.18 Å². The Hall–Kier alpha value is -1.17. The van der Waals surface area contributed by atoms with Gasteiger partial charge >= 0.3 is 0 Å². The molecular formula is C11H6FIO2. The lowest BCUT2D eigenvalue weighted by Gasteiger charge is -2.01. The number of ketones is 1. The second-order valence-corrected chi connectivity index (χ2v) is 4.13. The maximum atomic E-state index is 12.8. The van der Waals surface area contributed by atoms with E-state index in [2.05, 4.69) is 0 Å². The van der Waals surface area contributed by atoms with Gasteiger partial charge in [-0.3, -0.25) is 4.79 Å². The summed E-state index contributed by atoms with van der Waals surface area (Å²) >= 11 is 1.93. The molecule has 0 bridgehead atoms. The van der Waals surface area contributed by atoms with Gasteiger partial charge in [0, 0.05) is 9.13 Å². The van der Waals surface area contributed by atoms with E-state index in [1.54, 1.807) is 6.07 Å². The molecule has 0 N–H and O–H groups in total. The van der Waals surface area contributed by atoms with E-state index in [0.717, 1.165) is 0 Å². The molecule has 2 nitrogen and oxygen atoms in total. The van der Waals surface area contributed by atoms with Gasteiger partial charge in [-0.2, -0.15) is 0 Å². The SMILES string of the molecule is O=C(c1ccoc1)c1ccc(F)cc1I. The number of hydrogen-bond donors (Lipinski definition) is 0. The van der Waals surface area contributed by atoms with Crippen molar-refractivity contribution in [1.82, 2.24) is 0 Å². The first-order chi connectivity index (χ1) is 7.18. The zero-order valence-electron chi connectivity index (χ0n) is 7.54. The standard InChI is InChI=1S/C11H6FIO2/c12-8-1-2-9(10(13)5-8)11(14)7-3-4-15-6-7/h1-6H. The topological polar surface area (TPSA) is 30.2 Å². The maximum Gasteiger partial charge on any atom is 0.197 e. The van der Waals surface area contributed by atoms with Crippen molar-refractivity contribution in [1.29, 1.82) is 0 Å². The number of carbonyl (C=O) groups is 1. The van der Waals surface area contributed by atoms with Crippen LogP contribution in [0.25, 0.3) is 0 Å². The summed E-state index contributed by atoms with van der Waals surface area (Å²) in [5, 5.41) is 0. The first-order valence-corrected chi connectivity index (χ1v) is 5.28. The van der Waals surface area contributed by atoms with Gasteiger partial charge in [0.25, 0.3) is 0 Å². The Morgan fingerprint density at radius 1 is 1.33 bits per heavy atom. The van der Waals surface area contributed by atoms with Crippen molar-refractivity contribution in [2.45, 2.75) is 0 Å². The number of furan rings is 1. The van der Waals surface area contributed by atoms with Crippen LogP contribution in [0.15, 0.2) is 41.2 Å². The van der Waals surface area contributed by atoms with Gasteiger partial charge in [-0.1, -0.05) is 0 Å². The highest BCUT2D eigenvalue weighted by Crippen LogP contribution is 2.18. The van der Waals surface area contributed by atoms with E-state index < -0.39 is 0 Å². The third-order valence-electron chi connectivity index (χ3n) is 1.96. The molecule has 0 spiro atoms. The highest BCUT2D eigenvalue weighted by molar-refractivity contribution is 14.1. The van der Waals surface area contributed by atoms with Crippen molar-refractivity contribution < 1.29 is 13.6 Å². The molecule has 0 amide bonds. The molecule has 1 aromatic heterocycles. The van der Waals surface area contributed by atoms with Crippen LogP contribution in [0.2, 0.25) is 0 Å². The molecule has 4 heteroatoms. The fourth-order valence-corrected chi connectivity index (χ4v) is 1.95. The van der Waals surface area contributed by atoms with Gasteiger partial charge in [-0.25, -0.2) is 4.39 Å². The van der Waals surface area contributed by atoms with Gasteiger partial charge < -0.3 is 4.42 Å². The lowest BCUT2D eigenvalue weighted by atomic mass is 10.1. The van der Waals surface area contributed by atoms with Crippen molar-refractivity contribution >= 4 is 28.4 Å². The first-order valence-electron chi connectivity index (χ1n) is 4.20. The number of carbonyl (C=O) groups excluding carboxylic acids is 1. The monoisotopic (exact) mass is 316 g/mol.